The molecular weight excluding hydrogens is 432 g/mol. The SMILES string of the molecule is CCC[C@H](NC(=O)OCC1c2ccccc2-c2ccccc21)C(=O)N1C[C@H](C)[C@@](C)(C(=O)O)C1. The van der Waals surface area contributed by atoms with Gasteiger partial charge in [0, 0.05) is 19.0 Å². The Labute approximate surface area is 200 Å². The fraction of sp³-hybridized carbons (Fsp3) is 0.444. The van der Waals surface area contributed by atoms with Crippen molar-refractivity contribution in [1.82, 2.24) is 10.2 Å². The van der Waals surface area contributed by atoms with E-state index in [-0.39, 0.29) is 30.9 Å². The zero-order valence-corrected chi connectivity index (χ0v) is 19.9. The number of nitrogens with one attached hydrogen (secondary N) is 1. The Morgan fingerprint density at radius 1 is 1.12 bits per heavy atom. The lowest BCUT2D eigenvalue weighted by Crippen LogP contribution is -2.49. The first-order valence-corrected chi connectivity index (χ1v) is 11.9. The molecule has 1 saturated heterocycles. The molecule has 1 aliphatic carbocycles. The number of carboxylic acids is 1. The molecule has 180 valence electrons. The maximum atomic E-state index is 13.2. The van der Waals surface area contributed by atoms with Gasteiger partial charge in [0.2, 0.25) is 5.91 Å². The summed E-state index contributed by atoms with van der Waals surface area (Å²) in [6.07, 6.45) is 0.513. The fourth-order valence-electron chi connectivity index (χ4n) is 5.14. The van der Waals surface area contributed by atoms with E-state index in [0.29, 0.717) is 19.4 Å². The van der Waals surface area contributed by atoms with Gasteiger partial charge < -0.3 is 20.1 Å². The van der Waals surface area contributed by atoms with Crippen LogP contribution in [0.2, 0.25) is 0 Å². The number of hydrogen-bond acceptors (Lipinski definition) is 4. The molecule has 1 heterocycles. The number of nitrogens with zero attached hydrogens (tertiary/aromatic N) is 1. The van der Waals surface area contributed by atoms with Crippen LogP contribution in [0.4, 0.5) is 4.79 Å². The molecule has 7 heteroatoms. The first-order chi connectivity index (χ1) is 16.3. The minimum atomic E-state index is -0.990. The highest BCUT2D eigenvalue weighted by atomic mass is 16.5. The van der Waals surface area contributed by atoms with Crippen LogP contribution in [0.15, 0.2) is 48.5 Å². The minimum absolute atomic E-state index is 0.0609. The second-order valence-electron chi connectivity index (χ2n) is 9.65. The normalized spacial score (nSPS) is 22.1. The number of ether oxygens (including phenoxy) is 1. The number of amides is 2. The van der Waals surface area contributed by atoms with Crippen LogP contribution in [-0.4, -0.2) is 53.7 Å². The molecule has 2 aliphatic rings. The molecule has 7 nitrogen and oxygen atoms in total. The van der Waals surface area contributed by atoms with Gasteiger partial charge in [-0.3, -0.25) is 9.59 Å². The number of carboxylic acid groups (broad SMARTS) is 1. The van der Waals surface area contributed by atoms with Crippen LogP contribution in [0, 0.1) is 11.3 Å². The summed E-state index contributed by atoms with van der Waals surface area (Å²) in [5, 5.41) is 12.4. The molecule has 34 heavy (non-hydrogen) atoms. The van der Waals surface area contributed by atoms with E-state index in [1.54, 1.807) is 11.8 Å². The molecule has 0 radical (unpaired) electrons. The van der Waals surface area contributed by atoms with Crippen LogP contribution < -0.4 is 5.32 Å². The van der Waals surface area contributed by atoms with Gasteiger partial charge in [-0.1, -0.05) is 68.8 Å². The second kappa shape index (κ2) is 9.49. The van der Waals surface area contributed by atoms with Gasteiger partial charge in [-0.15, -0.1) is 0 Å². The maximum absolute atomic E-state index is 13.2. The molecule has 0 unspecified atom stereocenters. The number of fused-ring (bicyclic) bond motifs is 3. The van der Waals surface area contributed by atoms with Crippen LogP contribution >= 0.6 is 0 Å². The van der Waals surface area contributed by atoms with Crippen molar-refractivity contribution in [3.63, 3.8) is 0 Å². The molecule has 2 amide bonds. The average Bonchev–Trinajstić information content (AvgIpc) is 3.32. The first kappa shape index (κ1) is 23.8. The van der Waals surface area contributed by atoms with E-state index < -0.39 is 23.5 Å². The molecule has 0 spiro atoms. The number of hydrogen-bond donors (Lipinski definition) is 2. The zero-order valence-electron chi connectivity index (χ0n) is 19.9. The largest absolute Gasteiger partial charge is 0.481 e. The highest BCUT2D eigenvalue weighted by molar-refractivity contribution is 5.87. The molecule has 2 aromatic carbocycles. The number of alkyl carbamates (subject to hydrolysis) is 1. The van der Waals surface area contributed by atoms with Gasteiger partial charge in [0.05, 0.1) is 5.41 Å². The highest BCUT2D eigenvalue weighted by Crippen LogP contribution is 2.44. The zero-order chi connectivity index (χ0) is 24.5. The first-order valence-electron chi connectivity index (χ1n) is 11.9. The Morgan fingerprint density at radius 3 is 2.24 bits per heavy atom. The van der Waals surface area contributed by atoms with E-state index >= 15 is 0 Å². The van der Waals surface area contributed by atoms with E-state index in [4.69, 9.17) is 4.74 Å². The summed E-state index contributed by atoms with van der Waals surface area (Å²) < 4.78 is 5.61. The Bertz CT molecular complexity index is 1050. The number of carbonyl (C=O) groups excluding carboxylic acids is 2. The third-order valence-electron chi connectivity index (χ3n) is 7.41. The van der Waals surface area contributed by atoms with Crippen LogP contribution in [0.3, 0.4) is 0 Å². The lowest BCUT2D eigenvalue weighted by molar-refractivity contribution is -0.149. The Balaban J connectivity index is 1.41. The highest BCUT2D eigenvalue weighted by Gasteiger charge is 2.48. The van der Waals surface area contributed by atoms with Gasteiger partial charge in [0.15, 0.2) is 0 Å². The summed E-state index contributed by atoms with van der Waals surface area (Å²) in [6.45, 7) is 6.11. The molecule has 0 aromatic heterocycles. The van der Waals surface area contributed by atoms with Crippen molar-refractivity contribution in [3.05, 3.63) is 59.7 Å². The van der Waals surface area contributed by atoms with E-state index in [0.717, 1.165) is 22.3 Å². The number of likely N-dealkylation sites (tertiary alicyclic amines) is 1. The summed E-state index contributed by atoms with van der Waals surface area (Å²) in [6, 6.07) is 15.5. The standard InChI is InChI=1S/C27H32N2O5/c1-4-9-23(24(30)29-14-17(2)27(3,16-29)25(31)32)28-26(33)34-15-22-20-12-7-5-10-18(20)19-11-6-8-13-21(19)22/h5-8,10-13,17,22-23H,4,9,14-16H2,1-3H3,(H,28,33)(H,31,32)/t17-,23-,27-/m0/s1. The van der Waals surface area contributed by atoms with Crippen molar-refractivity contribution in [2.45, 2.75) is 45.6 Å². The lowest BCUT2D eigenvalue weighted by atomic mass is 9.81. The van der Waals surface area contributed by atoms with Crippen molar-refractivity contribution in [1.29, 1.82) is 0 Å². The van der Waals surface area contributed by atoms with E-state index in [2.05, 4.69) is 29.6 Å². The average molecular weight is 465 g/mol. The van der Waals surface area contributed by atoms with Crippen LogP contribution in [0.1, 0.15) is 50.7 Å². The molecule has 0 saturated carbocycles. The third-order valence-corrected chi connectivity index (χ3v) is 7.41. The molecule has 4 rings (SSSR count). The summed E-state index contributed by atoms with van der Waals surface area (Å²) in [4.78, 5) is 39.2. The molecule has 1 aliphatic heterocycles. The smallest absolute Gasteiger partial charge is 0.407 e. The molecule has 2 N–H and O–H groups in total. The van der Waals surface area contributed by atoms with Crippen LogP contribution in [0.25, 0.3) is 11.1 Å². The minimum Gasteiger partial charge on any atom is -0.481 e. The quantitative estimate of drug-likeness (QED) is 0.638. The Morgan fingerprint density at radius 2 is 1.71 bits per heavy atom. The van der Waals surface area contributed by atoms with Crippen molar-refractivity contribution in [3.8, 4) is 11.1 Å². The summed E-state index contributed by atoms with van der Waals surface area (Å²) in [5.41, 5.74) is 3.55. The number of aliphatic carboxylic acids is 1. The predicted octanol–water partition coefficient (Wildman–Crippen LogP) is 4.26. The Hall–Kier alpha value is -3.35. The summed E-state index contributed by atoms with van der Waals surface area (Å²) in [7, 11) is 0. The number of carbonyl (C=O) groups is 3. The monoisotopic (exact) mass is 464 g/mol. The van der Waals surface area contributed by atoms with Gasteiger partial charge in [0.1, 0.15) is 12.6 Å². The van der Waals surface area contributed by atoms with Gasteiger partial charge in [-0.2, -0.15) is 0 Å². The van der Waals surface area contributed by atoms with Gasteiger partial charge in [-0.05, 0) is 41.5 Å². The number of benzene rings is 2. The summed E-state index contributed by atoms with van der Waals surface area (Å²) in [5.74, 6) is -1.40. The molecule has 1 fully saturated rings. The maximum Gasteiger partial charge on any atom is 0.407 e. The van der Waals surface area contributed by atoms with Gasteiger partial charge in [0.25, 0.3) is 0 Å². The fourth-order valence-corrected chi connectivity index (χ4v) is 5.14. The van der Waals surface area contributed by atoms with Gasteiger partial charge in [-0.25, -0.2) is 4.79 Å². The lowest BCUT2D eigenvalue weighted by Gasteiger charge is -2.25. The third kappa shape index (κ3) is 4.27. The topological polar surface area (TPSA) is 95.9 Å². The molecule has 3 atom stereocenters. The van der Waals surface area contributed by atoms with Crippen molar-refractivity contribution in [2.75, 3.05) is 19.7 Å². The van der Waals surface area contributed by atoms with Crippen molar-refractivity contribution < 1.29 is 24.2 Å². The molecular formula is C27H32N2O5. The number of rotatable bonds is 7. The van der Waals surface area contributed by atoms with E-state index in [1.807, 2.05) is 38.1 Å². The Kier molecular flexibility index (Phi) is 6.64. The summed E-state index contributed by atoms with van der Waals surface area (Å²) >= 11 is 0. The molecule has 2 aromatic rings. The van der Waals surface area contributed by atoms with Gasteiger partial charge >= 0.3 is 12.1 Å². The predicted molar refractivity (Wildman–Crippen MR) is 128 cm³/mol. The van der Waals surface area contributed by atoms with Crippen LogP contribution in [0.5, 0.6) is 0 Å². The second-order valence-corrected chi connectivity index (χ2v) is 9.65. The van der Waals surface area contributed by atoms with Crippen LogP contribution in [-0.2, 0) is 14.3 Å². The van der Waals surface area contributed by atoms with Crippen molar-refractivity contribution >= 4 is 18.0 Å². The van der Waals surface area contributed by atoms with E-state index in [1.165, 1.54) is 0 Å². The van der Waals surface area contributed by atoms with E-state index in [9.17, 15) is 19.5 Å². The van der Waals surface area contributed by atoms with Crippen molar-refractivity contribution in [2.24, 2.45) is 11.3 Å². The molecule has 0 bridgehead atoms.